The summed E-state index contributed by atoms with van der Waals surface area (Å²) in [6, 6.07) is 0.255. The number of likely N-dealkylation sites (tertiary alicyclic amines) is 2. The van der Waals surface area contributed by atoms with Gasteiger partial charge in [-0.15, -0.1) is 0 Å². The van der Waals surface area contributed by atoms with E-state index in [2.05, 4.69) is 0 Å². The summed E-state index contributed by atoms with van der Waals surface area (Å²) < 4.78 is 0. The first-order chi connectivity index (χ1) is 6.59. The van der Waals surface area contributed by atoms with Crippen molar-refractivity contribution < 1.29 is 14.7 Å². The van der Waals surface area contributed by atoms with Gasteiger partial charge in [-0.3, -0.25) is 14.5 Å². The number of hydrogen-bond donors (Lipinski definition) is 1. The molecule has 2 aliphatic rings. The molecule has 2 aliphatic heterocycles. The van der Waals surface area contributed by atoms with Crippen molar-refractivity contribution >= 4 is 11.9 Å². The Morgan fingerprint density at radius 2 is 2.36 bits per heavy atom. The lowest BCUT2D eigenvalue weighted by molar-refractivity contribution is -0.140. The number of amides is 1. The summed E-state index contributed by atoms with van der Waals surface area (Å²) in [6.45, 7) is 1.25. The second kappa shape index (κ2) is 3.24. The summed E-state index contributed by atoms with van der Waals surface area (Å²) in [5.41, 5.74) is 0. The van der Waals surface area contributed by atoms with Crippen molar-refractivity contribution in [3.05, 3.63) is 0 Å². The minimum Gasteiger partial charge on any atom is -0.481 e. The molecule has 0 aromatic carbocycles. The van der Waals surface area contributed by atoms with Gasteiger partial charge >= 0.3 is 5.97 Å². The van der Waals surface area contributed by atoms with Gasteiger partial charge in [0.05, 0.1) is 12.5 Å². The predicted molar refractivity (Wildman–Crippen MR) is 48.8 cm³/mol. The number of rotatable bonds is 3. The van der Waals surface area contributed by atoms with Gasteiger partial charge in [-0.05, 0) is 13.5 Å². The van der Waals surface area contributed by atoms with Crippen LogP contribution < -0.4 is 0 Å². The largest absolute Gasteiger partial charge is 0.481 e. The zero-order valence-corrected chi connectivity index (χ0v) is 8.14. The number of carboxylic acids is 1. The Kier molecular flexibility index (Phi) is 2.19. The van der Waals surface area contributed by atoms with Crippen molar-refractivity contribution in [2.75, 3.05) is 20.1 Å². The third kappa shape index (κ3) is 1.37. The minimum atomic E-state index is -0.839. The number of fused-ring (bicyclic) bond motifs is 2. The van der Waals surface area contributed by atoms with Crippen molar-refractivity contribution in [1.29, 1.82) is 0 Å². The van der Waals surface area contributed by atoms with Crippen LogP contribution in [0.5, 0.6) is 0 Å². The Bertz CT molecular complexity index is 279. The Morgan fingerprint density at radius 1 is 1.64 bits per heavy atom. The number of hydrogen-bond acceptors (Lipinski definition) is 3. The van der Waals surface area contributed by atoms with Crippen LogP contribution in [-0.2, 0) is 9.59 Å². The van der Waals surface area contributed by atoms with E-state index in [0.717, 1.165) is 13.0 Å². The quantitative estimate of drug-likeness (QED) is 0.656. The Labute approximate surface area is 82.3 Å². The molecule has 2 saturated heterocycles. The second-order valence-electron chi connectivity index (χ2n) is 4.02. The van der Waals surface area contributed by atoms with Crippen LogP contribution in [0.2, 0.25) is 0 Å². The van der Waals surface area contributed by atoms with Crippen LogP contribution in [0.1, 0.15) is 12.8 Å². The second-order valence-corrected chi connectivity index (χ2v) is 4.02. The van der Waals surface area contributed by atoms with Gasteiger partial charge in [-0.2, -0.15) is 0 Å². The highest BCUT2D eigenvalue weighted by atomic mass is 16.4. The van der Waals surface area contributed by atoms with E-state index in [1.54, 1.807) is 4.90 Å². The number of carbonyl (C=O) groups is 2. The van der Waals surface area contributed by atoms with Crippen LogP contribution in [0, 0.1) is 0 Å². The van der Waals surface area contributed by atoms with Gasteiger partial charge in [0.2, 0.25) is 5.91 Å². The SMILES string of the molecule is CN1CC2CC1C(=O)N2CCC(=O)O. The van der Waals surface area contributed by atoms with E-state index in [9.17, 15) is 9.59 Å². The van der Waals surface area contributed by atoms with Gasteiger partial charge in [0, 0.05) is 19.1 Å². The molecule has 14 heavy (non-hydrogen) atoms. The summed E-state index contributed by atoms with van der Waals surface area (Å²) in [5.74, 6) is -0.737. The van der Waals surface area contributed by atoms with E-state index in [4.69, 9.17) is 5.11 Å². The van der Waals surface area contributed by atoms with Crippen molar-refractivity contribution in [3.8, 4) is 0 Å². The summed E-state index contributed by atoms with van der Waals surface area (Å²) >= 11 is 0. The van der Waals surface area contributed by atoms with Crippen molar-refractivity contribution in [1.82, 2.24) is 9.80 Å². The third-order valence-corrected chi connectivity index (χ3v) is 3.10. The van der Waals surface area contributed by atoms with Crippen molar-refractivity contribution in [3.63, 3.8) is 0 Å². The van der Waals surface area contributed by atoms with Gasteiger partial charge < -0.3 is 10.0 Å². The molecule has 5 nitrogen and oxygen atoms in total. The van der Waals surface area contributed by atoms with Crippen LogP contribution >= 0.6 is 0 Å². The number of carboxylic acid groups (broad SMARTS) is 1. The van der Waals surface area contributed by atoms with Gasteiger partial charge in [0.1, 0.15) is 0 Å². The molecule has 2 rings (SSSR count). The molecule has 2 bridgehead atoms. The molecule has 0 radical (unpaired) electrons. The third-order valence-electron chi connectivity index (χ3n) is 3.10. The number of piperazine rings is 1. The molecule has 5 heteroatoms. The molecule has 2 heterocycles. The normalized spacial score (nSPS) is 31.5. The molecule has 0 spiro atoms. The lowest BCUT2D eigenvalue weighted by Gasteiger charge is -2.31. The first kappa shape index (κ1) is 9.45. The van der Waals surface area contributed by atoms with E-state index in [1.807, 2.05) is 11.9 Å². The zero-order chi connectivity index (χ0) is 10.3. The molecule has 1 N–H and O–H groups in total. The molecule has 1 amide bonds. The monoisotopic (exact) mass is 198 g/mol. The molecule has 0 aromatic heterocycles. The fourth-order valence-corrected chi connectivity index (χ4v) is 2.37. The van der Waals surface area contributed by atoms with Crippen LogP contribution in [0.3, 0.4) is 0 Å². The standard InChI is InChI=1S/C9H14N2O3/c1-10-5-6-4-7(10)9(14)11(6)3-2-8(12)13/h6-7H,2-5H2,1H3,(H,12,13). The minimum absolute atomic E-state index is 0.00814. The van der Waals surface area contributed by atoms with Gasteiger partial charge in [-0.25, -0.2) is 0 Å². The molecule has 0 aliphatic carbocycles. The Morgan fingerprint density at radius 3 is 2.86 bits per heavy atom. The van der Waals surface area contributed by atoms with Gasteiger partial charge in [0.15, 0.2) is 0 Å². The van der Waals surface area contributed by atoms with E-state index in [-0.39, 0.29) is 24.4 Å². The zero-order valence-electron chi connectivity index (χ0n) is 8.14. The highest BCUT2D eigenvalue weighted by Crippen LogP contribution is 2.30. The van der Waals surface area contributed by atoms with Gasteiger partial charge in [-0.1, -0.05) is 0 Å². The average molecular weight is 198 g/mol. The maximum absolute atomic E-state index is 11.7. The molecule has 0 aromatic rings. The molecule has 0 saturated carbocycles. The molecule has 2 atom stereocenters. The average Bonchev–Trinajstić information content (AvgIpc) is 2.58. The maximum Gasteiger partial charge on any atom is 0.305 e. The molecule has 2 fully saturated rings. The molecular formula is C9H14N2O3. The van der Waals surface area contributed by atoms with Crippen molar-refractivity contribution in [2.45, 2.75) is 24.9 Å². The Hall–Kier alpha value is -1.10. The van der Waals surface area contributed by atoms with Crippen LogP contribution in [0.25, 0.3) is 0 Å². The summed E-state index contributed by atoms with van der Waals surface area (Å²) in [5, 5.41) is 8.53. The number of likely N-dealkylation sites (N-methyl/N-ethyl adjacent to an activating group) is 1. The summed E-state index contributed by atoms with van der Waals surface area (Å²) in [4.78, 5) is 25.8. The highest BCUT2D eigenvalue weighted by Gasteiger charge is 2.47. The molecular weight excluding hydrogens is 184 g/mol. The van der Waals surface area contributed by atoms with E-state index < -0.39 is 5.97 Å². The van der Waals surface area contributed by atoms with Crippen LogP contribution in [0.4, 0.5) is 0 Å². The Balaban J connectivity index is 1.96. The lowest BCUT2D eigenvalue weighted by Crippen LogP contribution is -2.49. The maximum atomic E-state index is 11.7. The van der Waals surface area contributed by atoms with Crippen molar-refractivity contribution in [2.24, 2.45) is 0 Å². The first-order valence-electron chi connectivity index (χ1n) is 4.82. The molecule has 78 valence electrons. The fourth-order valence-electron chi connectivity index (χ4n) is 2.37. The van der Waals surface area contributed by atoms with Crippen LogP contribution in [-0.4, -0.2) is 59.0 Å². The first-order valence-corrected chi connectivity index (χ1v) is 4.82. The highest BCUT2D eigenvalue weighted by molar-refractivity contribution is 5.86. The molecule has 2 unspecified atom stereocenters. The van der Waals surface area contributed by atoms with E-state index in [1.165, 1.54) is 0 Å². The number of carbonyl (C=O) groups excluding carboxylic acids is 1. The van der Waals surface area contributed by atoms with Gasteiger partial charge in [0.25, 0.3) is 0 Å². The predicted octanol–water partition coefficient (Wildman–Crippen LogP) is -0.624. The van der Waals surface area contributed by atoms with E-state index in [0.29, 0.717) is 6.54 Å². The smallest absolute Gasteiger partial charge is 0.305 e. The van der Waals surface area contributed by atoms with Crippen LogP contribution in [0.15, 0.2) is 0 Å². The summed E-state index contributed by atoms with van der Waals surface area (Å²) in [6.07, 6.45) is 0.924. The topological polar surface area (TPSA) is 60.9 Å². The number of aliphatic carboxylic acids is 1. The lowest BCUT2D eigenvalue weighted by atomic mass is 10.2. The number of nitrogens with zero attached hydrogens (tertiary/aromatic N) is 2. The summed E-state index contributed by atoms with van der Waals surface area (Å²) in [7, 11) is 1.94. The van der Waals surface area contributed by atoms with E-state index >= 15 is 0 Å². The fraction of sp³-hybridized carbons (Fsp3) is 0.778.